The molecule has 0 aliphatic heterocycles. The van der Waals surface area contributed by atoms with Gasteiger partial charge in [-0.1, -0.05) is 15.9 Å². The number of aryl methyl sites for hydroxylation is 1. The number of halogens is 1. The lowest BCUT2D eigenvalue weighted by Crippen LogP contribution is -1.89. The van der Waals surface area contributed by atoms with Crippen LogP contribution in [0.25, 0.3) is 0 Å². The van der Waals surface area contributed by atoms with Crippen LogP contribution in [0.1, 0.15) is 11.1 Å². The number of methoxy groups -OCH3 is 1. The van der Waals surface area contributed by atoms with Crippen LogP contribution in [0.4, 0.5) is 0 Å². The molecule has 0 aliphatic rings. The van der Waals surface area contributed by atoms with Crippen molar-refractivity contribution in [3.63, 3.8) is 0 Å². The molecule has 0 bridgehead atoms. The molecule has 0 saturated carbocycles. The molecule has 0 radical (unpaired) electrons. The largest absolute Gasteiger partial charge is 0.504 e. The number of phenols is 1. The Bertz CT molecular complexity index is 259. The van der Waals surface area contributed by atoms with Gasteiger partial charge in [-0.05, 0) is 30.2 Å². The van der Waals surface area contributed by atoms with Crippen LogP contribution in [0.5, 0.6) is 11.5 Å². The minimum Gasteiger partial charge on any atom is -0.504 e. The Kier molecular flexibility index (Phi) is 2.98. The van der Waals surface area contributed by atoms with Crippen molar-refractivity contribution in [2.75, 3.05) is 7.11 Å². The lowest BCUT2D eigenvalue weighted by Gasteiger charge is -2.07. The summed E-state index contributed by atoms with van der Waals surface area (Å²) >= 11 is 3.36. The second kappa shape index (κ2) is 3.81. The molecule has 0 spiro atoms. The van der Waals surface area contributed by atoms with Gasteiger partial charge in [0.05, 0.1) is 7.11 Å². The zero-order valence-electron chi connectivity index (χ0n) is 7.10. The Morgan fingerprint density at radius 1 is 1.50 bits per heavy atom. The van der Waals surface area contributed by atoms with Crippen molar-refractivity contribution < 1.29 is 9.84 Å². The van der Waals surface area contributed by atoms with Crippen LogP contribution in [-0.4, -0.2) is 12.2 Å². The van der Waals surface area contributed by atoms with E-state index in [0.29, 0.717) is 5.75 Å². The van der Waals surface area contributed by atoms with E-state index in [9.17, 15) is 5.11 Å². The number of ether oxygens (including phenoxy) is 1. The van der Waals surface area contributed by atoms with Gasteiger partial charge in [0.1, 0.15) is 0 Å². The highest BCUT2D eigenvalue weighted by atomic mass is 79.9. The molecule has 66 valence electrons. The first-order valence-electron chi connectivity index (χ1n) is 3.61. The van der Waals surface area contributed by atoms with E-state index in [2.05, 4.69) is 15.9 Å². The van der Waals surface area contributed by atoms with E-state index in [1.165, 1.54) is 0 Å². The van der Waals surface area contributed by atoms with E-state index in [1.54, 1.807) is 13.2 Å². The first-order chi connectivity index (χ1) is 5.69. The summed E-state index contributed by atoms with van der Waals surface area (Å²) in [6, 6.07) is 3.54. The summed E-state index contributed by atoms with van der Waals surface area (Å²) in [5.74, 6) is 0.717. The molecule has 0 aliphatic carbocycles. The molecule has 1 N–H and O–H groups in total. The molecule has 1 rings (SSSR count). The van der Waals surface area contributed by atoms with E-state index < -0.39 is 0 Å². The molecule has 3 heteroatoms. The van der Waals surface area contributed by atoms with E-state index in [1.807, 2.05) is 13.0 Å². The standard InChI is InChI=1S/C9H11BrO2/c1-6-3-8(11)9(12-2)4-7(6)5-10/h3-4,11H,5H2,1-2H3. The smallest absolute Gasteiger partial charge is 0.160 e. The van der Waals surface area contributed by atoms with Crippen LogP contribution in [0.15, 0.2) is 12.1 Å². The number of alkyl halides is 1. The maximum absolute atomic E-state index is 9.37. The third-order valence-electron chi connectivity index (χ3n) is 1.78. The van der Waals surface area contributed by atoms with Crippen LogP contribution >= 0.6 is 15.9 Å². The Morgan fingerprint density at radius 2 is 2.17 bits per heavy atom. The first kappa shape index (κ1) is 9.39. The molecule has 12 heavy (non-hydrogen) atoms. The summed E-state index contributed by atoms with van der Waals surface area (Å²) in [6.07, 6.45) is 0. The van der Waals surface area contributed by atoms with Gasteiger partial charge in [-0.2, -0.15) is 0 Å². The fourth-order valence-electron chi connectivity index (χ4n) is 1.02. The Morgan fingerprint density at radius 3 is 2.67 bits per heavy atom. The predicted octanol–water partition coefficient (Wildman–Crippen LogP) is 2.60. The van der Waals surface area contributed by atoms with Gasteiger partial charge in [-0.3, -0.25) is 0 Å². The number of benzene rings is 1. The second-order valence-electron chi connectivity index (χ2n) is 2.58. The molecule has 0 aromatic heterocycles. The minimum absolute atomic E-state index is 0.194. The van der Waals surface area contributed by atoms with Crippen molar-refractivity contribution in [1.82, 2.24) is 0 Å². The summed E-state index contributed by atoms with van der Waals surface area (Å²) in [5.41, 5.74) is 2.19. The van der Waals surface area contributed by atoms with Gasteiger partial charge in [0.25, 0.3) is 0 Å². The van der Waals surface area contributed by atoms with Gasteiger partial charge in [-0.15, -0.1) is 0 Å². The van der Waals surface area contributed by atoms with Crippen LogP contribution in [-0.2, 0) is 5.33 Å². The highest BCUT2D eigenvalue weighted by Crippen LogP contribution is 2.29. The molecule has 1 aromatic carbocycles. The molecule has 1 aromatic rings. The summed E-state index contributed by atoms with van der Waals surface area (Å²) in [5, 5.41) is 10.1. The van der Waals surface area contributed by atoms with Gasteiger partial charge in [-0.25, -0.2) is 0 Å². The zero-order chi connectivity index (χ0) is 9.14. The lowest BCUT2D eigenvalue weighted by atomic mass is 10.1. The van der Waals surface area contributed by atoms with Gasteiger partial charge in [0, 0.05) is 5.33 Å². The number of hydrogen-bond acceptors (Lipinski definition) is 2. The maximum Gasteiger partial charge on any atom is 0.160 e. The Balaban J connectivity index is 3.18. The normalized spacial score (nSPS) is 9.92. The summed E-state index contributed by atoms with van der Waals surface area (Å²) < 4.78 is 4.97. The number of rotatable bonds is 2. The van der Waals surface area contributed by atoms with Gasteiger partial charge >= 0.3 is 0 Å². The zero-order valence-corrected chi connectivity index (χ0v) is 8.68. The summed E-state index contributed by atoms with van der Waals surface area (Å²) in [6.45, 7) is 1.95. The second-order valence-corrected chi connectivity index (χ2v) is 3.14. The number of hydrogen-bond donors (Lipinski definition) is 1. The average molecular weight is 231 g/mol. The molecular formula is C9H11BrO2. The monoisotopic (exact) mass is 230 g/mol. The summed E-state index contributed by atoms with van der Waals surface area (Å²) in [7, 11) is 1.54. The molecule has 0 heterocycles. The Hall–Kier alpha value is -0.700. The van der Waals surface area contributed by atoms with Crippen molar-refractivity contribution >= 4 is 15.9 Å². The van der Waals surface area contributed by atoms with Crippen molar-refractivity contribution in [2.45, 2.75) is 12.3 Å². The van der Waals surface area contributed by atoms with Crippen LogP contribution < -0.4 is 4.74 Å². The van der Waals surface area contributed by atoms with Gasteiger partial charge < -0.3 is 9.84 Å². The van der Waals surface area contributed by atoms with Crippen LogP contribution in [0, 0.1) is 6.92 Å². The third-order valence-corrected chi connectivity index (χ3v) is 2.39. The fraction of sp³-hybridized carbons (Fsp3) is 0.333. The van der Waals surface area contributed by atoms with Crippen molar-refractivity contribution in [3.05, 3.63) is 23.3 Å². The fourth-order valence-corrected chi connectivity index (χ4v) is 1.63. The topological polar surface area (TPSA) is 29.5 Å². The number of aromatic hydroxyl groups is 1. The van der Waals surface area contributed by atoms with E-state index in [-0.39, 0.29) is 5.75 Å². The van der Waals surface area contributed by atoms with Crippen molar-refractivity contribution in [3.8, 4) is 11.5 Å². The molecule has 0 unspecified atom stereocenters. The SMILES string of the molecule is COc1cc(CBr)c(C)cc1O. The average Bonchev–Trinajstić information content (AvgIpc) is 2.05. The van der Waals surface area contributed by atoms with E-state index in [4.69, 9.17) is 4.74 Å². The summed E-state index contributed by atoms with van der Waals surface area (Å²) in [4.78, 5) is 0. The molecule has 0 amide bonds. The van der Waals surface area contributed by atoms with Crippen LogP contribution in [0.3, 0.4) is 0 Å². The highest BCUT2D eigenvalue weighted by molar-refractivity contribution is 9.08. The van der Waals surface area contributed by atoms with Gasteiger partial charge in [0.2, 0.25) is 0 Å². The predicted molar refractivity (Wildman–Crippen MR) is 52.0 cm³/mol. The third kappa shape index (κ3) is 1.72. The molecule has 0 fully saturated rings. The Labute approximate surface area is 80.3 Å². The molecule has 2 nitrogen and oxygen atoms in total. The van der Waals surface area contributed by atoms with Crippen molar-refractivity contribution in [1.29, 1.82) is 0 Å². The highest BCUT2D eigenvalue weighted by Gasteiger charge is 2.04. The maximum atomic E-state index is 9.37. The number of phenolic OH excluding ortho intramolecular Hbond substituents is 1. The van der Waals surface area contributed by atoms with Crippen molar-refractivity contribution in [2.24, 2.45) is 0 Å². The first-order valence-corrected chi connectivity index (χ1v) is 4.73. The van der Waals surface area contributed by atoms with Gasteiger partial charge in [0.15, 0.2) is 11.5 Å². The van der Waals surface area contributed by atoms with E-state index >= 15 is 0 Å². The lowest BCUT2D eigenvalue weighted by molar-refractivity contribution is 0.373. The molecular weight excluding hydrogens is 220 g/mol. The van der Waals surface area contributed by atoms with E-state index in [0.717, 1.165) is 16.5 Å². The van der Waals surface area contributed by atoms with Crippen LogP contribution in [0.2, 0.25) is 0 Å². The molecule has 0 saturated heterocycles. The molecule has 0 atom stereocenters. The quantitative estimate of drug-likeness (QED) is 0.792. The minimum atomic E-state index is 0.194.